The van der Waals surface area contributed by atoms with Gasteiger partial charge in [0.15, 0.2) is 0 Å². The lowest BCUT2D eigenvalue weighted by molar-refractivity contribution is -0.151. The van der Waals surface area contributed by atoms with Gasteiger partial charge in [-0.1, -0.05) is 107 Å². The van der Waals surface area contributed by atoms with E-state index in [0.717, 1.165) is 10.5 Å². The molecule has 1 heterocycles. The van der Waals surface area contributed by atoms with Crippen molar-refractivity contribution in [3.8, 4) is 5.75 Å². The van der Waals surface area contributed by atoms with Crippen molar-refractivity contribution in [3.63, 3.8) is 0 Å². The molecule has 1 saturated heterocycles. The van der Waals surface area contributed by atoms with Gasteiger partial charge in [-0.3, -0.25) is 28.8 Å². The number of phenols is 1. The van der Waals surface area contributed by atoms with Gasteiger partial charge in [-0.15, -0.1) is 0 Å². The summed E-state index contributed by atoms with van der Waals surface area (Å²) in [5, 5.41) is 25.5. The minimum Gasteiger partial charge on any atom is -0.508 e. The molecule has 4 rings (SSSR count). The van der Waals surface area contributed by atoms with E-state index in [2.05, 4.69) is 10.6 Å². The van der Waals surface area contributed by atoms with Crippen LogP contribution in [-0.2, 0) is 52.8 Å². The Kier molecular flexibility index (Phi) is 19.1. The molecule has 352 valence electrons. The molecule has 0 spiro atoms. The monoisotopic (exact) mass is 898 g/mol. The van der Waals surface area contributed by atoms with Gasteiger partial charge in [0.2, 0.25) is 35.4 Å². The van der Waals surface area contributed by atoms with E-state index in [4.69, 9.17) is 5.73 Å². The quantitative estimate of drug-likeness (QED) is 0.0992. The van der Waals surface area contributed by atoms with Gasteiger partial charge in [0.05, 0.1) is 12.6 Å². The molecule has 0 aromatic heterocycles. The van der Waals surface area contributed by atoms with Gasteiger partial charge in [-0.2, -0.15) is 0 Å². The van der Waals surface area contributed by atoms with Crippen molar-refractivity contribution in [1.29, 1.82) is 0 Å². The zero-order valence-corrected chi connectivity index (χ0v) is 38.7. The summed E-state index contributed by atoms with van der Waals surface area (Å²) in [6, 6.07) is 17.8. The number of amides is 6. The smallest absolute Gasteiger partial charge is 0.326 e. The number of aromatic hydroxyl groups is 1. The van der Waals surface area contributed by atoms with E-state index in [1.165, 1.54) is 48.0 Å². The number of hydrogen-bond acceptors (Lipinski definition) is 9. The van der Waals surface area contributed by atoms with Crippen LogP contribution in [0.25, 0.3) is 0 Å². The zero-order valence-electron chi connectivity index (χ0n) is 38.7. The molecule has 3 aromatic rings. The molecule has 65 heavy (non-hydrogen) atoms. The van der Waals surface area contributed by atoms with Crippen molar-refractivity contribution in [2.45, 2.75) is 109 Å². The second-order valence-electron chi connectivity index (χ2n) is 17.6. The molecule has 0 radical (unpaired) electrons. The number of carboxylic acid groups (broad SMARTS) is 1. The van der Waals surface area contributed by atoms with E-state index in [9.17, 15) is 43.8 Å². The maximum absolute atomic E-state index is 14.7. The normalized spacial score (nSPS) is 16.3. The van der Waals surface area contributed by atoms with Gasteiger partial charge in [-0.25, -0.2) is 4.79 Å². The Hall–Kier alpha value is -6.29. The van der Waals surface area contributed by atoms with Crippen LogP contribution in [0.15, 0.2) is 84.9 Å². The number of nitrogens with two attached hydrogens (primary N) is 1. The fraction of sp³-hybridized carbons (Fsp3) is 0.490. The summed E-state index contributed by atoms with van der Waals surface area (Å²) in [6.07, 6.45) is 1.89. The Morgan fingerprint density at radius 1 is 0.738 bits per heavy atom. The number of nitrogens with zero attached hydrogens (tertiary/aromatic N) is 4. The van der Waals surface area contributed by atoms with Crippen LogP contribution < -0.4 is 16.4 Å². The minimum absolute atomic E-state index is 0.00945. The van der Waals surface area contributed by atoms with Crippen LogP contribution >= 0.6 is 0 Å². The van der Waals surface area contributed by atoms with E-state index in [1.54, 1.807) is 42.5 Å². The fourth-order valence-electron chi connectivity index (χ4n) is 8.06. The lowest BCUT2D eigenvalue weighted by atomic mass is 9.96. The highest BCUT2D eigenvalue weighted by molar-refractivity contribution is 5.96. The molecular weight excluding hydrogens is 831 g/mol. The first-order valence-electron chi connectivity index (χ1n) is 22.3. The maximum Gasteiger partial charge on any atom is 0.326 e. The first-order chi connectivity index (χ1) is 30.8. The summed E-state index contributed by atoms with van der Waals surface area (Å²) in [6.45, 7) is 7.41. The number of aliphatic carboxylic acids is 1. The number of likely N-dealkylation sites (N-methyl/N-ethyl adjacent to an activating group) is 3. The van der Waals surface area contributed by atoms with Crippen LogP contribution in [0.2, 0.25) is 0 Å². The Labute approximate surface area is 382 Å². The topological polar surface area (TPSA) is 223 Å². The number of phenolic OH excluding ortho intramolecular Hbond substituents is 1. The molecule has 6 N–H and O–H groups in total. The second-order valence-corrected chi connectivity index (χ2v) is 17.6. The highest BCUT2D eigenvalue weighted by atomic mass is 16.4. The second kappa shape index (κ2) is 24.1. The van der Waals surface area contributed by atoms with Crippen molar-refractivity contribution in [2.75, 3.05) is 34.2 Å². The fourth-order valence-corrected chi connectivity index (χ4v) is 8.06. The first kappa shape index (κ1) is 51.3. The van der Waals surface area contributed by atoms with Crippen molar-refractivity contribution in [3.05, 3.63) is 102 Å². The Morgan fingerprint density at radius 3 is 1.82 bits per heavy atom. The van der Waals surface area contributed by atoms with Crippen LogP contribution in [0, 0.1) is 11.8 Å². The minimum atomic E-state index is -1.30. The van der Waals surface area contributed by atoms with Gasteiger partial charge in [0, 0.05) is 47.0 Å². The zero-order chi connectivity index (χ0) is 48.0. The predicted octanol–water partition coefficient (Wildman–Crippen LogP) is 3.00. The summed E-state index contributed by atoms with van der Waals surface area (Å²) in [5.74, 6) is -4.58. The molecule has 0 aliphatic carbocycles. The molecule has 7 atom stereocenters. The maximum atomic E-state index is 14.7. The molecule has 1 aliphatic heterocycles. The molecule has 1 fully saturated rings. The number of hydrogen-bond donors (Lipinski definition) is 5. The summed E-state index contributed by atoms with van der Waals surface area (Å²) in [5.41, 5.74) is 8.30. The number of nitrogens with one attached hydrogen (secondary N) is 2. The van der Waals surface area contributed by atoms with Gasteiger partial charge in [0.25, 0.3) is 0 Å². The molecule has 6 amide bonds. The van der Waals surface area contributed by atoms with Crippen LogP contribution in [0.1, 0.15) is 70.1 Å². The molecule has 0 unspecified atom stereocenters. The van der Waals surface area contributed by atoms with Crippen molar-refractivity contribution in [1.82, 2.24) is 30.2 Å². The van der Waals surface area contributed by atoms with Crippen molar-refractivity contribution < 1.29 is 43.8 Å². The van der Waals surface area contributed by atoms with Crippen LogP contribution in [0.3, 0.4) is 0 Å². The third kappa shape index (κ3) is 14.4. The number of carboxylic acids is 1. The number of carbonyl (C=O) groups is 7. The SMILES string of the molecule is CC[C@H](C)[C@H](N)C(=O)N[C@@H](CC(C)C)C(=O)N(C)[C@H](Cc1ccccc1)C(=O)N1CCC[C@H]1C(=O)N(C)CC(=O)N[C@@H](Cc1ccccc1)C(=O)N(C)[C@@H](Cc1ccc(O)cc1)C(=O)O. The van der Waals surface area contributed by atoms with Crippen LogP contribution in [-0.4, -0.2) is 142 Å². The molecule has 16 heteroatoms. The Morgan fingerprint density at radius 2 is 1.26 bits per heavy atom. The van der Waals surface area contributed by atoms with Crippen LogP contribution in [0.5, 0.6) is 5.75 Å². The van der Waals surface area contributed by atoms with E-state index < -0.39 is 84.2 Å². The summed E-state index contributed by atoms with van der Waals surface area (Å²) < 4.78 is 0. The summed E-state index contributed by atoms with van der Waals surface area (Å²) in [4.78, 5) is 102. The van der Waals surface area contributed by atoms with Gasteiger partial charge >= 0.3 is 5.97 Å². The highest BCUT2D eigenvalue weighted by Gasteiger charge is 2.42. The van der Waals surface area contributed by atoms with E-state index >= 15 is 0 Å². The number of likely N-dealkylation sites (tertiary alicyclic amines) is 1. The van der Waals surface area contributed by atoms with Crippen molar-refractivity contribution >= 4 is 41.4 Å². The molecule has 0 saturated carbocycles. The predicted molar refractivity (Wildman–Crippen MR) is 246 cm³/mol. The Bertz CT molecular complexity index is 2090. The van der Waals surface area contributed by atoms with E-state index in [1.807, 2.05) is 58.0 Å². The number of rotatable bonds is 22. The average molecular weight is 898 g/mol. The number of carbonyl (C=O) groups excluding carboxylic acids is 6. The lowest BCUT2D eigenvalue weighted by Crippen LogP contribution is -2.59. The first-order valence-corrected chi connectivity index (χ1v) is 22.3. The van der Waals surface area contributed by atoms with E-state index in [0.29, 0.717) is 36.8 Å². The molecule has 1 aliphatic rings. The van der Waals surface area contributed by atoms with Gasteiger partial charge < -0.3 is 46.2 Å². The number of benzene rings is 3. The third-order valence-corrected chi connectivity index (χ3v) is 12.2. The third-order valence-electron chi connectivity index (χ3n) is 12.2. The summed E-state index contributed by atoms with van der Waals surface area (Å²) in [7, 11) is 4.32. The molecule has 3 aromatic carbocycles. The largest absolute Gasteiger partial charge is 0.508 e. The van der Waals surface area contributed by atoms with Crippen LogP contribution in [0.4, 0.5) is 0 Å². The Balaban J connectivity index is 1.53. The molecule has 0 bridgehead atoms. The lowest BCUT2D eigenvalue weighted by Gasteiger charge is -2.36. The highest BCUT2D eigenvalue weighted by Crippen LogP contribution is 2.24. The van der Waals surface area contributed by atoms with E-state index in [-0.39, 0.29) is 43.4 Å². The average Bonchev–Trinajstić information content (AvgIpc) is 3.78. The summed E-state index contributed by atoms with van der Waals surface area (Å²) >= 11 is 0. The molecule has 16 nitrogen and oxygen atoms in total. The van der Waals surface area contributed by atoms with Gasteiger partial charge in [0.1, 0.15) is 36.0 Å². The van der Waals surface area contributed by atoms with Crippen molar-refractivity contribution in [2.24, 2.45) is 17.6 Å². The molecular formula is C49H67N7O9. The standard InChI is InChI=1S/C49H67N7O9/c1-8-32(4)43(50)44(59)52-37(26-31(2)3)45(60)54(6)40(28-34-18-13-10-14-19-34)48(63)56-25-15-20-39(56)47(62)53(5)30-42(58)51-38(27-33-16-11-9-12-17-33)46(61)55(7)41(49(64)65)29-35-21-23-36(57)24-22-35/h9-14,16-19,21-24,31-32,37-41,43,57H,8,15,20,25-30,50H2,1-7H3,(H,51,58)(H,52,59)(H,64,65)/t32-,37-,38-,39-,40+,41-,43-/m0/s1. The van der Waals surface area contributed by atoms with Gasteiger partial charge in [-0.05, 0) is 59.9 Å².